The number of carbonyl (C=O) groups is 3. The molecule has 4 N–H and O–H groups in total. The summed E-state index contributed by atoms with van der Waals surface area (Å²) in [4.78, 5) is 35.0. The summed E-state index contributed by atoms with van der Waals surface area (Å²) in [6, 6.07) is 11.0. The van der Waals surface area contributed by atoms with Crippen LogP contribution < -0.4 is 16.2 Å². The number of anilines is 2. The Labute approximate surface area is 173 Å². The van der Waals surface area contributed by atoms with Crippen molar-refractivity contribution >= 4 is 35.4 Å². The van der Waals surface area contributed by atoms with Crippen molar-refractivity contribution in [3.05, 3.63) is 71.8 Å². The van der Waals surface area contributed by atoms with Gasteiger partial charge in [0.05, 0.1) is 5.56 Å². The molecule has 0 radical (unpaired) electrons. The lowest BCUT2D eigenvalue weighted by Crippen LogP contribution is -2.12. The highest BCUT2D eigenvalue weighted by molar-refractivity contribution is 5.93. The van der Waals surface area contributed by atoms with Gasteiger partial charge in [-0.05, 0) is 48.9 Å². The summed E-state index contributed by atoms with van der Waals surface area (Å²) >= 11 is 0. The van der Waals surface area contributed by atoms with Crippen molar-refractivity contribution in [2.45, 2.75) is 6.92 Å². The molecular formula is C22H22N2O6. The third-order valence-electron chi connectivity index (χ3n) is 3.63. The first-order chi connectivity index (χ1) is 14.2. The third kappa shape index (κ3) is 7.16. The van der Waals surface area contributed by atoms with Gasteiger partial charge in [-0.1, -0.05) is 18.7 Å². The summed E-state index contributed by atoms with van der Waals surface area (Å²) in [6.45, 7) is 4.85. The molecule has 0 aliphatic heterocycles. The number of carbonyl (C=O) groups excluding carboxylic acids is 3. The number of hydrogen-bond acceptors (Lipinski definition) is 8. The van der Waals surface area contributed by atoms with Crippen LogP contribution in [0.3, 0.4) is 0 Å². The lowest BCUT2D eigenvalue weighted by atomic mass is 10.1. The van der Waals surface area contributed by atoms with E-state index in [1.807, 2.05) is 0 Å². The van der Waals surface area contributed by atoms with Crippen LogP contribution in [0.25, 0.3) is 6.08 Å². The quantitative estimate of drug-likeness (QED) is 0.223. The Balaban J connectivity index is 1.83. The van der Waals surface area contributed by atoms with Gasteiger partial charge in [0.2, 0.25) is 0 Å². The highest BCUT2D eigenvalue weighted by atomic mass is 16.6. The van der Waals surface area contributed by atoms with Crippen molar-refractivity contribution < 1.29 is 28.6 Å². The summed E-state index contributed by atoms with van der Waals surface area (Å²) in [5.74, 6) is -1.40. The van der Waals surface area contributed by atoms with E-state index in [2.05, 4.69) is 6.58 Å². The van der Waals surface area contributed by atoms with Gasteiger partial charge in [-0.2, -0.15) is 0 Å². The van der Waals surface area contributed by atoms with Crippen molar-refractivity contribution in [1.29, 1.82) is 0 Å². The van der Waals surface area contributed by atoms with Crippen molar-refractivity contribution in [1.82, 2.24) is 0 Å². The Bertz CT molecular complexity index is 959. The number of nitrogen functional groups attached to an aromatic ring is 2. The Kier molecular flexibility index (Phi) is 7.75. The summed E-state index contributed by atoms with van der Waals surface area (Å²) in [6.07, 6.45) is 2.77. The van der Waals surface area contributed by atoms with Crippen molar-refractivity contribution in [3.63, 3.8) is 0 Å². The van der Waals surface area contributed by atoms with Gasteiger partial charge < -0.3 is 25.7 Å². The molecular weight excluding hydrogens is 388 g/mol. The summed E-state index contributed by atoms with van der Waals surface area (Å²) in [7, 11) is 0. The molecule has 0 aliphatic rings. The molecule has 0 amide bonds. The number of benzene rings is 2. The number of nitrogens with two attached hydrogens (primary N) is 2. The SMILES string of the molecule is C=C(C)C(=O)OCCOC(=O)/C=C/c1ccc(OC(=O)c2cc(N)cc(N)c2)cc1. The number of esters is 3. The van der Waals surface area contributed by atoms with Crippen LogP contribution in [0.4, 0.5) is 11.4 Å². The minimum absolute atomic E-state index is 0.0515. The number of rotatable bonds is 8. The lowest BCUT2D eigenvalue weighted by molar-refractivity contribution is -0.146. The number of ether oxygens (including phenoxy) is 3. The van der Waals surface area contributed by atoms with E-state index in [-0.39, 0.29) is 24.4 Å². The molecule has 2 aromatic carbocycles. The van der Waals surface area contributed by atoms with Crippen LogP contribution in [-0.2, 0) is 19.1 Å². The maximum absolute atomic E-state index is 12.2. The van der Waals surface area contributed by atoms with E-state index in [1.165, 1.54) is 37.3 Å². The molecule has 0 saturated heterocycles. The van der Waals surface area contributed by atoms with Crippen LogP contribution in [0.5, 0.6) is 5.75 Å². The van der Waals surface area contributed by atoms with Gasteiger partial charge in [0.25, 0.3) is 0 Å². The second-order valence-corrected chi connectivity index (χ2v) is 6.26. The summed E-state index contributed by atoms with van der Waals surface area (Å²) in [5.41, 5.74) is 13.3. The first-order valence-electron chi connectivity index (χ1n) is 8.90. The number of hydrogen-bond donors (Lipinski definition) is 2. The smallest absolute Gasteiger partial charge is 0.343 e. The van der Waals surface area contributed by atoms with Crippen molar-refractivity contribution in [2.24, 2.45) is 0 Å². The largest absolute Gasteiger partial charge is 0.459 e. The molecule has 0 fully saturated rings. The first-order valence-corrected chi connectivity index (χ1v) is 8.90. The van der Waals surface area contributed by atoms with Gasteiger partial charge in [0.15, 0.2) is 0 Å². The fourth-order valence-electron chi connectivity index (χ4n) is 2.22. The van der Waals surface area contributed by atoms with E-state index in [0.717, 1.165) is 0 Å². The van der Waals surface area contributed by atoms with Gasteiger partial charge in [0.1, 0.15) is 19.0 Å². The van der Waals surface area contributed by atoms with E-state index in [1.54, 1.807) is 24.3 Å². The van der Waals surface area contributed by atoms with Crippen LogP contribution >= 0.6 is 0 Å². The maximum atomic E-state index is 12.2. The Morgan fingerprint density at radius 3 is 2.17 bits per heavy atom. The van der Waals surface area contributed by atoms with E-state index in [4.69, 9.17) is 25.7 Å². The van der Waals surface area contributed by atoms with Gasteiger partial charge in [-0.3, -0.25) is 0 Å². The molecule has 0 aromatic heterocycles. The molecule has 156 valence electrons. The molecule has 0 saturated carbocycles. The molecule has 0 heterocycles. The minimum atomic E-state index is -0.590. The fraction of sp³-hybridized carbons (Fsp3) is 0.136. The second kappa shape index (κ2) is 10.5. The third-order valence-corrected chi connectivity index (χ3v) is 3.63. The lowest BCUT2D eigenvalue weighted by Gasteiger charge is -2.06. The van der Waals surface area contributed by atoms with Crippen LogP contribution in [0, 0.1) is 0 Å². The fourth-order valence-corrected chi connectivity index (χ4v) is 2.22. The minimum Gasteiger partial charge on any atom is -0.459 e. The molecule has 0 spiro atoms. The molecule has 8 heteroatoms. The van der Waals surface area contributed by atoms with Crippen LogP contribution in [0.2, 0.25) is 0 Å². The Morgan fingerprint density at radius 2 is 1.57 bits per heavy atom. The van der Waals surface area contributed by atoms with Crippen LogP contribution in [0.15, 0.2) is 60.7 Å². The van der Waals surface area contributed by atoms with Gasteiger partial charge in [-0.15, -0.1) is 0 Å². The average Bonchev–Trinajstić information content (AvgIpc) is 2.69. The maximum Gasteiger partial charge on any atom is 0.343 e. The zero-order chi connectivity index (χ0) is 22.1. The topological polar surface area (TPSA) is 131 Å². The standard InChI is InChI=1S/C22H22N2O6/c1-14(2)21(26)29-10-9-28-20(25)8-5-15-3-6-19(7-4-15)30-22(27)16-11-17(23)13-18(24)12-16/h3-8,11-13H,1,9-10,23-24H2,2H3/b8-5+. The van der Waals surface area contributed by atoms with E-state index in [0.29, 0.717) is 22.7 Å². The average molecular weight is 410 g/mol. The summed E-state index contributed by atoms with van der Waals surface area (Å²) in [5, 5.41) is 0. The molecule has 2 aromatic rings. The Hall–Kier alpha value is -4.07. The molecule has 2 rings (SSSR count). The van der Waals surface area contributed by atoms with Crippen molar-refractivity contribution in [2.75, 3.05) is 24.7 Å². The highest BCUT2D eigenvalue weighted by Crippen LogP contribution is 2.18. The van der Waals surface area contributed by atoms with Crippen LogP contribution in [-0.4, -0.2) is 31.1 Å². The molecule has 0 bridgehead atoms. The molecule has 8 nitrogen and oxygen atoms in total. The van der Waals surface area contributed by atoms with Crippen molar-refractivity contribution in [3.8, 4) is 5.75 Å². The summed E-state index contributed by atoms with van der Waals surface area (Å²) < 4.78 is 15.0. The van der Waals surface area contributed by atoms with Gasteiger partial charge in [-0.25, -0.2) is 14.4 Å². The Morgan fingerprint density at radius 1 is 0.967 bits per heavy atom. The van der Waals surface area contributed by atoms with E-state index < -0.39 is 17.9 Å². The van der Waals surface area contributed by atoms with Gasteiger partial charge in [0, 0.05) is 23.0 Å². The van der Waals surface area contributed by atoms with Crippen LogP contribution in [0.1, 0.15) is 22.8 Å². The first kappa shape index (κ1) is 22.2. The van der Waals surface area contributed by atoms with Gasteiger partial charge >= 0.3 is 17.9 Å². The highest BCUT2D eigenvalue weighted by Gasteiger charge is 2.10. The monoisotopic (exact) mass is 410 g/mol. The molecule has 30 heavy (non-hydrogen) atoms. The molecule has 0 atom stereocenters. The zero-order valence-electron chi connectivity index (χ0n) is 16.4. The van der Waals surface area contributed by atoms with E-state index in [9.17, 15) is 14.4 Å². The predicted molar refractivity (Wildman–Crippen MR) is 112 cm³/mol. The molecule has 0 aliphatic carbocycles. The second-order valence-electron chi connectivity index (χ2n) is 6.26. The van der Waals surface area contributed by atoms with E-state index >= 15 is 0 Å². The zero-order valence-corrected chi connectivity index (χ0v) is 16.4. The predicted octanol–water partition coefficient (Wildman–Crippen LogP) is 2.75. The molecule has 0 unspecified atom stereocenters. The normalized spacial score (nSPS) is 10.4.